The molecule has 0 aliphatic heterocycles. The van der Waals surface area contributed by atoms with Crippen LogP contribution in [0.4, 0.5) is 5.69 Å². The molecule has 0 atom stereocenters. The Labute approximate surface area is 116 Å². The lowest BCUT2D eigenvalue weighted by Crippen LogP contribution is -2.24. The second-order valence-electron chi connectivity index (χ2n) is 5.43. The summed E-state index contributed by atoms with van der Waals surface area (Å²) >= 11 is 0. The average Bonchev–Trinajstić information content (AvgIpc) is 2.37. The number of rotatable bonds is 7. The summed E-state index contributed by atoms with van der Waals surface area (Å²) < 4.78 is 0. The van der Waals surface area contributed by atoms with Crippen molar-refractivity contribution < 1.29 is 4.79 Å². The van der Waals surface area contributed by atoms with Crippen LogP contribution in [0.2, 0.25) is 0 Å². The third kappa shape index (κ3) is 5.33. The van der Waals surface area contributed by atoms with E-state index in [1.54, 1.807) is 0 Å². The van der Waals surface area contributed by atoms with E-state index >= 15 is 0 Å². The highest BCUT2D eigenvalue weighted by Crippen LogP contribution is 2.15. The molecule has 0 saturated carbocycles. The Morgan fingerprint density at radius 1 is 1.26 bits per heavy atom. The first-order valence-corrected chi connectivity index (χ1v) is 7.11. The Morgan fingerprint density at radius 3 is 2.58 bits per heavy atom. The molecule has 2 N–H and O–H groups in total. The molecule has 3 heteroatoms. The fourth-order valence-electron chi connectivity index (χ4n) is 2.07. The number of aryl methyl sites for hydroxylation is 1. The molecule has 0 saturated heterocycles. The standard InChI is InChI=1S/C16H26N2O/c1-12(2)7-5-6-10-18-16(19)14-8-9-15(17-4)13(3)11-14/h8-9,11-12,17H,5-7,10H2,1-4H3,(H,18,19). The Kier molecular flexibility index (Phi) is 6.40. The van der Waals surface area contributed by atoms with E-state index in [2.05, 4.69) is 24.5 Å². The maximum Gasteiger partial charge on any atom is 0.251 e. The van der Waals surface area contributed by atoms with E-state index in [9.17, 15) is 4.79 Å². The second-order valence-corrected chi connectivity index (χ2v) is 5.43. The minimum atomic E-state index is 0.0234. The molecule has 1 rings (SSSR count). The Morgan fingerprint density at radius 2 is 2.00 bits per heavy atom. The van der Waals surface area contributed by atoms with Gasteiger partial charge in [0.1, 0.15) is 0 Å². The highest BCUT2D eigenvalue weighted by molar-refractivity contribution is 5.94. The highest BCUT2D eigenvalue weighted by atomic mass is 16.1. The molecule has 0 aromatic heterocycles. The number of amides is 1. The van der Waals surface area contributed by atoms with Crippen molar-refractivity contribution in [2.45, 2.75) is 40.0 Å². The first-order chi connectivity index (χ1) is 9.04. The average molecular weight is 262 g/mol. The topological polar surface area (TPSA) is 41.1 Å². The molecule has 1 aromatic carbocycles. The molecule has 3 nitrogen and oxygen atoms in total. The maximum absolute atomic E-state index is 12.0. The van der Waals surface area contributed by atoms with Gasteiger partial charge in [0.15, 0.2) is 0 Å². The number of carbonyl (C=O) groups excluding carboxylic acids is 1. The van der Waals surface area contributed by atoms with Crippen molar-refractivity contribution in [3.05, 3.63) is 29.3 Å². The zero-order valence-electron chi connectivity index (χ0n) is 12.5. The molecule has 0 fully saturated rings. The predicted octanol–water partition coefficient (Wildman–Crippen LogP) is 3.59. The van der Waals surface area contributed by atoms with Gasteiger partial charge in [0.05, 0.1) is 0 Å². The molecule has 0 bridgehead atoms. The number of anilines is 1. The molecule has 0 heterocycles. The fraction of sp³-hybridized carbons (Fsp3) is 0.562. The van der Waals surface area contributed by atoms with E-state index in [1.165, 1.54) is 12.8 Å². The predicted molar refractivity (Wildman–Crippen MR) is 81.7 cm³/mol. The van der Waals surface area contributed by atoms with Crippen LogP contribution in [0.3, 0.4) is 0 Å². The van der Waals surface area contributed by atoms with Gasteiger partial charge in [-0.25, -0.2) is 0 Å². The monoisotopic (exact) mass is 262 g/mol. The molecule has 0 radical (unpaired) electrons. The Balaban J connectivity index is 2.39. The molecule has 19 heavy (non-hydrogen) atoms. The number of hydrogen-bond donors (Lipinski definition) is 2. The van der Waals surface area contributed by atoms with Crippen molar-refractivity contribution in [3.8, 4) is 0 Å². The Bertz CT molecular complexity index is 413. The van der Waals surface area contributed by atoms with Crippen LogP contribution in [0, 0.1) is 12.8 Å². The van der Waals surface area contributed by atoms with Gasteiger partial charge in [0.25, 0.3) is 5.91 Å². The molecule has 0 aliphatic carbocycles. The molecule has 106 valence electrons. The summed E-state index contributed by atoms with van der Waals surface area (Å²) in [6.45, 7) is 7.22. The number of unbranched alkanes of at least 4 members (excludes halogenated alkanes) is 1. The van der Waals surface area contributed by atoms with E-state index in [0.717, 1.165) is 35.7 Å². The fourth-order valence-corrected chi connectivity index (χ4v) is 2.07. The first kappa shape index (κ1) is 15.5. The largest absolute Gasteiger partial charge is 0.388 e. The van der Waals surface area contributed by atoms with Crippen LogP contribution in [0.1, 0.15) is 49.0 Å². The van der Waals surface area contributed by atoms with Crippen molar-refractivity contribution in [1.82, 2.24) is 5.32 Å². The lowest BCUT2D eigenvalue weighted by molar-refractivity contribution is 0.0953. The summed E-state index contributed by atoms with van der Waals surface area (Å²) in [6, 6.07) is 5.74. The number of carbonyl (C=O) groups is 1. The third-order valence-corrected chi connectivity index (χ3v) is 3.25. The molecule has 0 unspecified atom stereocenters. The van der Waals surface area contributed by atoms with Gasteiger partial charge >= 0.3 is 0 Å². The highest BCUT2D eigenvalue weighted by Gasteiger charge is 2.06. The van der Waals surface area contributed by atoms with Crippen LogP contribution in [0.15, 0.2) is 18.2 Å². The van der Waals surface area contributed by atoms with Gasteiger partial charge in [-0.3, -0.25) is 4.79 Å². The van der Waals surface area contributed by atoms with Gasteiger partial charge < -0.3 is 10.6 Å². The van der Waals surface area contributed by atoms with Crippen LogP contribution in [0.5, 0.6) is 0 Å². The summed E-state index contributed by atoms with van der Waals surface area (Å²) in [5, 5.41) is 6.08. The van der Waals surface area contributed by atoms with E-state index in [4.69, 9.17) is 0 Å². The van der Waals surface area contributed by atoms with E-state index in [-0.39, 0.29) is 5.91 Å². The number of hydrogen-bond acceptors (Lipinski definition) is 2. The van der Waals surface area contributed by atoms with Crippen LogP contribution in [-0.2, 0) is 0 Å². The molecular formula is C16H26N2O. The minimum Gasteiger partial charge on any atom is -0.388 e. The summed E-state index contributed by atoms with van der Waals surface area (Å²) in [5.74, 6) is 0.766. The van der Waals surface area contributed by atoms with E-state index in [0.29, 0.717) is 0 Å². The SMILES string of the molecule is CNc1ccc(C(=O)NCCCCC(C)C)cc1C. The summed E-state index contributed by atoms with van der Waals surface area (Å²) in [7, 11) is 1.89. The minimum absolute atomic E-state index is 0.0234. The summed E-state index contributed by atoms with van der Waals surface area (Å²) in [4.78, 5) is 12.0. The summed E-state index contributed by atoms with van der Waals surface area (Å²) in [5.41, 5.74) is 2.89. The molecule has 0 spiro atoms. The third-order valence-electron chi connectivity index (χ3n) is 3.25. The van der Waals surface area contributed by atoms with Crippen LogP contribution >= 0.6 is 0 Å². The van der Waals surface area contributed by atoms with Crippen molar-refractivity contribution in [1.29, 1.82) is 0 Å². The smallest absolute Gasteiger partial charge is 0.251 e. The first-order valence-electron chi connectivity index (χ1n) is 7.11. The second kappa shape index (κ2) is 7.82. The number of benzene rings is 1. The van der Waals surface area contributed by atoms with E-state index < -0.39 is 0 Å². The zero-order chi connectivity index (χ0) is 14.3. The Hall–Kier alpha value is -1.51. The van der Waals surface area contributed by atoms with Crippen molar-refractivity contribution >= 4 is 11.6 Å². The molecule has 0 aliphatic rings. The van der Waals surface area contributed by atoms with Gasteiger partial charge in [-0.15, -0.1) is 0 Å². The lowest BCUT2D eigenvalue weighted by atomic mass is 10.1. The van der Waals surface area contributed by atoms with Crippen LogP contribution in [-0.4, -0.2) is 19.5 Å². The van der Waals surface area contributed by atoms with E-state index in [1.807, 2.05) is 32.2 Å². The maximum atomic E-state index is 12.0. The molecular weight excluding hydrogens is 236 g/mol. The van der Waals surface area contributed by atoms with Gasteiger partial charge in [-0.05, 0) is 43.0 Å². The van der Waals surface area contributed by atoms with Gasteiger partial charge in [-0.2, -0.15) is 0 Å². The van der Waals surface area contributed by atoms with Crippen molar-refractivity contribution in [3.63, 3.8) is 0 Å². The molecule has 1 aromatic rings. The van der Waals surface area contributed by atoms with Crippen molar-refractivity contribution in [2.24, 2.45) is 5.92 Å². The zero-order valence-corrected chi connectivity index (χ0v) is 12.5. The van der Waals surface area contributed by atoms with Crippen LogP contribution < -0.4 is 10.6 Å². The van der Waals surface area contributed by atoms with Crippen LogP contribution in [0.25, 0.3) is 0 Å². The quantitative estimate of drug-likeness (QED) is 0.737. The van der Waals surface area contributed by atoms with Gasteiger partial charge in [-0.1, -0.05) is 26.7 Å². The lowest BCUT2D eigenvalue weighted by Gasteiger charge is -2.09. The molecule has 1 amide bonds. The summed E-state index contributed by atoms with van der Waals surface area (Å²) in [6.07, 6.45) is 3.46. The van der Waals surface area contributed by atoms with Gasteiger partial charge in [0.2, 0.25) is 0 Å². The van der Waals surface area contributed by atoms with Gasteiger partial charge in [0, 0.05) is 24.8 Å². The number of nitrogens with one attached hydrogen (secondary N) is 2. The van der Waals surface area contributed by atoms with Crippen molar-refractivity contribution in [2.75, 3.05) is 18.9 Å². The normalized spacial score (nSPS) is 10.6.